The Bertz CT molecular complexity index is 1200. The third-order valence-electron chi connectivity index (χ3n) is 6.28. The van der Waals surface area contributed by atoms with Crippen LogP contribution >= 0.6 is 11.6 Å². The van der Waals surface area contributed by atoms with E-state index < -0.39 is 0 Å². The van der Waals surface area contributed by atoms with Crippen molar-refractivity contribution in [1.29, 1.82) is 0 Å². The summed E-state index contributed by atoms with van der Waals surface area (Å²) in [4.78, 5) is 26.1. The number of hydrogen-bond acceptors (Lipinski definition) is 7. The minimum atomic E-state index is 0.0255. The van der Waals surface area contributed by atoms with E-state index in [1.54, 1.807) is 6.07 Å². The summed E-state index contributed by atoms with van der Waals surface area (Å²) < 4.78 is 5.99. The van der Waals surface area contributed by atoms with E-state index in [9.17, 15) is 4.79 Å². The van der Waals surface area contributed by atoms with Crippen molar-refractivity contribution in [1.82, 2.24) is 20.2 Å². The standard InChI is InChI=1S/C26H29ClN6O2/c1-18-29-16-23-24(8-11-33(26(23)30-18)17-25(34)32-12-9-28-10-13-32)31-20-5-3-7-22(15-20)35-21-6-2-4-19(27)14-21/h2-7,14-16,24,28,31H,8-13,17H2,1H3. The number of carbonyl (C=O) groups excluding carboxylic acids is 1. The van der Waals surface area contributed by atoms with Crippen LogP contribution in [0.5, 0.6) is 11.5 Å². The van der Waals surface area contributed by atoms with Gasteiger partial charge in [-0.2, -0.15) is 0 Å². The van der Waals surface area contributed by atoms with Crippen LogP contribution in [0.4, 0.5) is 11.5 Å². The Morgan fingerprint density at radius 1 is 1.14 bits per heavy atom. The lowest BCUT2D eigenvalue weighted by Gasteiger charge is -2.36. The Kier molecular flexibility index (Phi) is 7.01. The van der Waals surface area contributed by atoms with Crippen molar-refractivity contribution in [2.45, 2.75) is 19.4 Å². The molecule has 2 aliphatic heterocycles. The van der Waals surface area contributed by atoms with E-state index in [4.69, 9.17) is 21.3 Å². The summed E-state index contributed by atoms with van der Waals surface area (Å²) >= 11 is 6.08. The van der Waals surface area contributed by atoms with Gasteiger partial charge in [0.05, 0.1) is 12.6 Å². The number of halogens is 1. The number of benzene rings is 2. The van der Waals surface area contributed by atoms with Gasteiger partial charge in [-0.1, -0.05) is 23.7 Å². The molecular formula is C26H29ClN6O2. The molecule has 1 saturated heterocycles. The van der Waals surface area contributed by atoms with Crippen LogP contribution in [-0.2, 0) is 4.79 Å². The Morgan fingerprint density at radius 2 is 1.91 bits per heavy atom. The average molecular weight is 493 g/mol. The fraction of sp³-hybridized carbons (Fsp3) is 0.346. The number of aromatic nitrogens is 2. The molecule has 2 aliphatic rings. The van der Waals surface area contributed by atoms with Crippen LogP contribution in [0, 0.1) is 6.92 Å². The van der Waals surface area contributed by atoms with Gasteiger partial charge >= 0.3 is 0 Å². The van der Waals surface area contributed by atoms with Gasteiger partial charge in [-0.3, -0.25) is 4.79 Å². The number of fused-ring (bicyclic) bond motifs is 1. The monoisotopic (exact) mass is 492 g/mol. The van der Waals surface area contributed by atoms with Gasteiger partial charge in [0.1, 0.15) is 23.1 Å². The predicted octanol–water partition coefficient (Wildman–Crippen LogP) is 4.03. The minimum Gasteiger partial charge on any atom is -0.457 e. The van der Waals surface area contributed by atoms with Gasteiger partial charge in [0.25, 0.3) is 0 Å². The van der Waals surface area contributed by atoms with Crippen LogP contribution in [0.15, 0.2) is 54.7 Å². The van der Waals surface area contributed by atoms with E-state index >= 15 is 0 Å². The second-order valence-electron chi connectivity index (χ2n) is 8.82. The number of carbonyl (C=O) groups is 1. The van der Waals surface area contributed by atoms with Crippen molar-refractivity contribution in [3.63, 3.8) is 0 Å². The van der Waals surface area contributed by atoms with E-state index in [0.29, 0.717) is 23.1 Å². The van der Waals surface area contributed by atoms with Gasteiger partial charge in [0.15, 0.2) is 0 Å². The molecule has 1 fully saturated rings. The lowest BCUT2D eigenvalue weighted by molar-refractivity contribution is -0.130. The number of hydrogen-bond donors (Lipinski definition) is 2. The Morgan fingerprint density at radius 3 is 2.71 bits per heavy atom. The number of nitrogens with one attached hydrogen (secondary N) is 2. The number of amides is 1. The summed E-state index contributed by atoms with van der Waals surface area (Å²) in [5, 5.41) is 7.54. The molecule has 1 unspecified atom stereocenters. The molecule has 9 heteroatoms. The highest BCUT2D eigenvalue weighted by Gasteiger charge is 2.29. The molecule has 5 rings (SSSR count). The van der Waals surface area contributed by atoms with Crippen molar-refractivity contribution in [2.75, 3.05) is 49.5 Å². The Hall–Kier alpha value is -3.36. The van der Waals surface area contributed by atoms with E-state index in [-0.39, 0.29) is 11.9 Å². The summed E-state index contributed by atoms with van der Waals surface area (Å²) in [5.41, 5.74) is 1.93. The van der Waals surface area contributed by atoms with Crippen LogP contribution < -0.4 is 20.3 Å². The molecule has 0 saturated carbocycles. The van der Waals surface area contributed by atoms with Gasteiger partial charge in [0.2, 0.25) is 5.91 Å². The lowest BCUT2D eigenvalue weighted by atomic mass is 10.00. The summed E-state index contributed by atoms with van der Waals surface area (Å²) in [5.74, 6) is 3.08. The Balaban J connectivity index is 1.31. The third-order valence-corrected chi connectivity index (χ3v) is 6.52. The van der Waals surface area contributed by atoms with Crippen LogP contribution in [0.3, 0.4) is 0 Å². The van der Waals surface area contributed by atoms with Crippen molar-refractivity contribution >= 4 is 29.0 Å². The van der Waals surface area contributed by atoms with Gasteiger partial charge in [0, 0.05) is 61.3 Å². The minimum absolute atomic E-state index is 0.0255. The molecule has 3 aromatic rings. The zero-order valence-electron chi connectivity index (χ0n) is 19.7. The SMILES string of the molecule is Cc1ncc2c(n1)N(CC(=O)N1CCNCC1)CCC2Nc1cccc(Oc2cccc(Cl)c2)c1. The molecular weight excluding hydrogens is 464 g/mol. The molecule has 2 N–H and O–H groups in total. The molecule has 2 aromatic carbocycles. The second kappa shape index (κ2) is 10.5. The van der Waals surface area contributed by atoms with Crippen LogP contribution in [0.2, 0.25) is 5.02 Å². The van der Waals surface area contributed by atoms with Crippen molar-refractivity contribution in [3.8, 4) is 11.5 Å². The van der Waals surface area contributed by atoms with Crippen LogP contribution in [0.1, 0.15) is 23.9 Å². The molecule has 0 radical (unpaired) electrons. The summed E-state index contributed by atoms with van der Waals surface area (Å²) in [6.45, 7) is 6.13. The maximum atomic E-state index is 12.9. The van der Waals surface area contributed by atoms with Gasteiger partial charge in [-0.05, 0) is 43.7 Å². The number of nitrogens with zero attached hydrogens (tertiary/aromatic N) is 4. The van der Waals surface area contributed by atoms with Crippen LogP contribution in [0.25, 0.3) is 0 Å². The summed E-state index contributed by atoms with van der Waals surface area (Å²) in [6, 6.07) is 15.2. The number of piperazine rings is 1. The largest absolute Gasteiger partial charge is 0.457 e. The maximum absolute atomic E-state index is 12.9. The number of anilines is 2. The smallest absolute Gasteiger partial charge is 0.242 e. The molecule has 182 valence electrons. The van der Waals surface area contributed by atoms with Crippen molar-refractivity contribution in [2.24, 2.45) is 0 Å². The zero-order chi connectivity index (χ0) is 24.2. The average Bonchev–Trinajstić information content (AvgIpc) is 2.86. The number of ether oxygens (including phenoxy) is 1. The quantitative estimate of drug-likeness (QED) is 0.537. The molecule has 1 atom stereocenters. The van der Waals surface area contributed by atoms with Crippen LogP contribution in [-0.4, -0.2) is 60.0 Å². The topological polar surface area (TPSA) is 82.6 Å². The highest BCUT2D eigenvalue weighted by Crippen LogP contribution is 2.35. The lowest BCUT2D eigenvalue weighted by Crippen LogP contribution is -2.50. The Labute approximate surface area is 210 Å². The third kappa shape index (κ3) is 5.66. The first-order valence-corrected chi connectivity index (χ1v) is 12.3. The highest BCUT2D eigenvalue weighted by molar-refractivity contribution is 6.30. The van der Waals surface area contributed by atoms with Gasteiger partial charge in [-0.25, -0.2) is 9.97 Å². The fourth-order valence-corrected chi connectivity index (χ4v) is 4.69. The van der Waals surface area contributed by atoms with E-state index in [2.05, 4.69) is 20.5 Å². The van der Waals surface area contributed by atoms with Gasteiger partial charge < -0.3 is 25.2 Å². The first-order valence-electron chi connectivity index (χ1n) is 11.9. The first-order chi connectivity index (χ1) is 17.0. The molecule has 8 nitrogen and oxygen atoms in total. The van der Waals surface area contributed by atoms with Crippen molar-refractivity contribution < 1.29 is 9.53 Å². The van der Waals surface area contributed by atoms with E-state index in [1.165, 1.54) is 0 Å². The molecule has 1 aromatic heterocycles. The molecule has 0 aliphatic carbocycles. The molecule has 1 amide bonds. The first kappa shape index (κ1) is 23.4. The predicted molar refractivity (Wildman–Crippen MR) is 137 cm³/mol. The summed E-state index contributed by atoms with van der Waals surface area (Å²) in [6.07, 6.45) is 2.71. The maximum Gasteiger partial charge on any atom is 0.242 e. The molecule has 35 heavy (non-hydrogen) atoms. The summed E-state index contributed by atoms with van der Waals surface area (Å²) in [7, 11) is 0. The highest BCUT2D eigenvalue weighted by atomic mass is 35.5. The number of rotatable bonds is 6. The normalized spacial score (nSPS) is 17.6. The second-order valence-corrected chi connectivity index (χ2v) is 9.26. The van der Waals surface area contributed by atoms with E-state index in [1.807, 2.05) is 60.5 Å². The fourth-order valence-electron chi connectivity index (χ4n) is 4.51. The molecule has 0 spiro atoms. The zero-order valence-corrected chi connectivity index (χ0v) is 20.5. The molecule has 3 heterocycles. The number of aryl methyl sites for hydroxylation is 1. The van der Waals surface area contributed by atoms with E-state index in [0.717, 1.165) is 62.0 Å². The van der Waals surface area contributed by atoms with Crippen molar-refractivity contribution in [3.05, 3.63) is 71.1 Å². The molecule has 0 bridgehead atoms. The van der Waals surface area contributed by atoms with Gasteiger partial charge in [-0.15, -0.1) is 0 Å².